The molecule has 0 spiro atoms. The molecule has 2 nitrogen and oxygen atoms in total. The topological polar surface area (TPSA) is 18.5 Å². The third-order valence-electron chi connectivity index (χ3n) is 1.55. The second kappa shape index (κ2) is 4.83. The second-order valence-corrected chi connectivity index (χ2v) is 4.50. The van der Waals surface area contributed by atoms with Crippen molar-refractivity contribution in [2.75, 3.05) is 14.2 Å². The largest absolute Gasteiger partial charge is 0.360 e. The molecule has 0 aromatic heterocycles. The third-order valence-corrected chi connectivity index (χ3v) is 3.65. The molecule has 0 saturated carbocycles. The maximum absolute atomic E-state index is 12.7. The summed E-state index contributed by atoms with van der Waals surface area (Å²) in [7, 11) is 0.481. The summed E-state index contributed by atoms with van der Waals surface area (Å²) < 4.78 is 46.8. The molecule has 0 aliphatic carbocycles. The number of hydrogen-bond donors (Lipinski definition) is 0. The summed E-state index contributed by atoms with van der Waals surface area (Å²) in [6, 6.07) is 0. The summed E-state index contributed by atoms with van der Waals surface area (Å²) >= 11 is 0. The van der Waals surface area contributed by atoms with E-state index in [1.54, 1.807) is 0 Å². The Morgan fingerprint density at radius 3 is 1.92 bits per heavy atom. The van der Waals surface area contributed by atoms with Crippen LogP contribution in [0, 0.1) is 0 Å². The summed E-state index contributed by atoms with van der Waals surface area (Å²) in [6.45, 7) is 0.843. The SMILES string of the molecule is COC(OC)[SiH2]C(F)(F)C(C)F. The van der Waals surface area contributed by atoms with E-state index in [1.165, 1.54) is 14.2 Å². The molecule has 0 aliphatic heterocycles. The van der Waals surface area contributed by atoms with E-state index in [-0.39, 0.29) is 0 Å². The minimum atomic E-state index is -3.25. The Bertz CT molecular complexity index is 128. The average Bonchev–Trinajstić information content (AvgIpc) is 2.00. The number of methoxy groups -OCH3 is 2. The quantitative estimate of drug-likeness (QED) is 0.482. The lowest BCUT2D eigenvalue weighted by Crippen LogP contribution is -2.42. The van der Waals surface area contributed by atoms with Crippen LogP contribution in [0.25, 0.3) is 0 Å². The maximum atomic E-state index is 12.7. The zero-order chi connectivity index (χ0) is 9.78. The fourth-order valence-electron chi connectivity index (χ4n) is 0.647. The molecule has 1 unspecified atom stereocenters. The lowest BCUT2D eigenvalue weighted by atomic mass is 10.5. The standard InChI is InChI=1S/C6H13F3O2Si/c1-4(7)6(8,9)12-5(10-2)11-3/h4-5H,12H2,1-3H3. The molecule has 0 aromatic rings. The van der Waals surface area contributed by atoms with Crippen LogP contribution < -0.4 is 0 Å². The molecule has 0 aliphatic rings. The molecule has 0 rings (SSSR count). The van der Waals surface area contributed by atoms with E-state index in [0.717, 1.165) is 6.92 Å². The Kier molecular flexibility index (Phi) is 4.80. The monoisotopic (exact) mass is 202 g/mol. The summed E-state index contributed by atoms with van der Waals surface area (Å²) in [4.78, 5) is 0. The van der Waals surface area contributed by atoms with Crippen LogP contribution in [0.1, 0.15) is 6.92 Å². The van der Waals surface area contributed by atoms with Gasteiger partial charge in [-0.2, -0.15) is 0 Å². The van der Waals surface area contributed by atoms with Crippen LogP contribution in [0.15, 0.2) is 0 Å². The highest BCUT2D eigenvalue weighted by molar-refractivity contribution is 6.40. The van der Waals surface area contributed by atoms with Crippen LogP contribution in [0.3, 0.4) is 0 Å². The predicted molar refractivity (Wildman–Crippen MR) is 41.9 cm³/mol. The normalized spacial score (nSPS) is 16.2. The number of rotatable bonds is 5. The molecule has 0 bridgehead atoms. The van der Waals surface area contributed by atoms with E-state index in [2.05, 4.69) is 9.47 Å². The molecule has 0 fully saturated rings. The van der Waals surface area contributed by atoms with Gasteiger partial charge in [-0.15, -0.1) is 0 Å². The lowest BCUT2D eigenvalue weighted by Gasteiger charge is -2.21. The molecule has 74 valence electrons. The van der Waals surface area contributed by atoms with Gasteiger partial charge in [-0.1, -0.05) is 0 Å². The molecule has 6 heteroatoms. The van der Waals surface area contributed by atoms with Gasteiger partial charge in [0.1, 0.15) is 5.91 Å². The van der Waals surface area contributed by atoms with Gasteiger partial charge in [-0.3, -0.25) is 0 Å². The molecule has 0 aromatic carbocycles. The zero-order valence-corrected chi connectivity index (χ0v) is 8.73. The summed E-state index contributed by atoms with van der Waals surface area (Å²) in [6.07, 6.45) is -2.13. The van der Waals surface area contributed by atoms with Gasteiger partial charge in [-0.05, 0) is 6.92 Å². The van der Waals surface area contributed by atoms with E-state index in [0.29, 0.717) is 0 Å². The van der Waals surface area contributed by atoms with Gasteiger partial charge >= 0.3 is 0 Å². The first-order valence-corrected chi connectivity index (χ1v) is 5.04. The number of hydrogen-bond acceptors (Lipinski definition) is 2. The smallest absolute Gasteiger partial charge is 0.258 e. The van der Waals surface area contributed by atoms with Gasteiger partial charge in [0.05, 0.1) is 0 Å². The molecule has 0 saturated heterocycles. The fraction of sp³-hybridized carbons (Fsp3) is 1.00. The first-order chi connectivity index (χ1) is 5.44. The van der Waals surface area contributed by atoms with E-state index in [1.807, 2.05) is 0 Å². The van der Waals surface area contributed by atoms with Gasteiger partial charge in [-0.25, -0.2) is 13.2 Å². The number of halogens is 3. The van der Waals surface area contributed by atoms with Crippen LogP contribution in [0.5, 0.6) is 0 Å². The molecular formula is C6H13F3O2Si. The van der Waals surface area contributed by atoms with Crippen LogP contribution in [0.2, 0.25) is 0 Å². The Labute approximate surface area is 71.9 Å². The molecule has 1 atom stereocenters. The van der Waals surface area contributed by atoms with E-state index in [4.69, 9.17) is 0 Å². The van der Waals surface area contributed by atoms with Crippen molar-refractivity contribution in [1.82, 2.24) is 0 Å². The van der Waals surface area contributed by atoms with Crippen molar-refractivity contribution in [3.05, 3.63) is 0 Å². The molecule has 0 heterocycles. The third kappa shape index (κ3) is 3.55. The highest BCUT2D eigenvalue weighted by Gasteiger charge is 2.40. The van der Waals surface area contributed by atoms with Gasteiger partial charge in [0.2, 0.25) is 0 Å². The summed E-state index contributed by atoms with van der Waals surface area (Å²) in [5.41, 5.74) is -3.25. The van der Waals surface area contributed by atoms with Crippen molar-refractivity contribution >= 4 is 9.52 Å². The summed E-state index contributed by atoms with van der Waals surface area (Å²) in [5.74, 6) is -0.918. The van der Waals surface area contributed by atoms with Crippen molar-refractivity contribution in [2.24, 2.45) is 0 Å². The highest BCUT2D eigenvalue weighted by Crippen LogP contribution is 2.21. The highest BCUT2D eigenvalue weighted by atomic mass is 28.2. The van der Waals surface area contributed by atoms with Crippen LogP contribution in [-0.2, 0) is 9.47 Å². The Balaban J connectivity index is 4.02. The van der Waals surface area contributed by atoms with Crippen LogP contribution >= 0.6 is 0 Å². The van der Waals surface area contributed by atoms with Crippen LogP contribution in [-0.4, -0.2) is 41.4 Å². The molecule has 0 radical (unpaired) electrons. The van der Waals surface area contributed by atoms with Gasteiger partial charge in [0.15, 0.2) is 15.7 Å². The van der Waals surface area contributed by atoms with Gasteiger partial charge in [0, 0.05) is 14.2 Å². The molecule has 12 heavy (non-hydrogen) atoms. The molecule has 0 amide bonds. The minimum absolute atomic E-state index is 0.843. The molecule has 0 N–H and O–H groups in total. The predicted octanol–water partition coefficient (Wildman–Crippen LogP) is 0.682. The second-order valence-electron chi connectivity index (χ2n) is 2.48. The van der Waals surface area contributed by atoms with Crippen molar-refractivity contribution in [3.8, 4) is 0 Å². The lowest BCUT2D eigenvalue weighted by molar-refractivity contribution is -0.0637. The Morgan fingerprint density at radius 2 is 1.67 bits per heavy atom. The van der Waals surface area contributed by atoms with Gasteiger partial charge in [0.25, 0.3) is 5.55 Å². The van der Waals surface area contributed by atoms with Crippen molar-refractivity contribution in [1.29, 1.82) is 0 Å². The molecular weight excluding hydrogens is 189 g/mol. The Morgan fingerprint density at radius 1 is 1.25 bits per heavy atom. The number of alkyl halides is 3. The average molecular weight is 202 g/mol. The zero-order valence-electron chi connectivity index (χ0n) is 7.31. The Hall–Kier alpha value is -0.0731. The van der Waals surface area contributed by atoms with E-state index < -0.39 is 27.2 Å². The van der Waals surface area contributed by atoms with Crippen LogP contribution in [0.4, 0.5) is 13.2 Å². The minimum Gasteiger partial charge on any atom is -0.360 e. The van der Waals surface area contributed by atoms with Gasteiger partial charge < -0.3 is 9.47 Å². The van der Waals surface area contributed by atoms with Crippen molar-refractivity contribution in [2.45, 2.75) is 24.6 Å². The first-order valence-electron chi connectivity index (χ1n) is 3.51. The number of ether oxygens (including phenoxy) is 2. The summed E-state index contributed by atoms with van der Waals surface area (Å²) in [5, 5.41) is 0. The van der Waals surface area contributed by atoms with Crippen molar-refractivity contribution < 1.29 is 22.6 Å². The fourth-order valence-corrected chi connectivity index (χ4v) is 1.75. The first kappa shape index (κ1) is 11.9. The maximum Gasteiger partial charge on any atom is 0.258 e. The van der Waals surface area contributed by atoms with E-state index in [9.17, 15) is 13.2 Å². The van der Waals surface area contributed by atoms with Crippen molar-refractivity contribution in [3.63, 3.8) is 0 Å². The van der Waals surface area contributed by atoms with E-state index >= 15 is 0 Å².